The van der Waals surface area contributed by atoms with Gasteiger partial charge in [-0.05, 0) is 40.0 Å². The van der Waals surface area contributed by atoms with Crippen LogP contribution in [0.5, 0.6) is 0 Å². The van der Waals surface area contributed by atoms with Gasteiger partial charge in [0.1, 0.15) is 0 Å². The van der Waals surface area contributed by atoms with Crippen LogP contribution in [0.15, 0.2) is 83.8 Å². The summed E-state index contributed by atoms with van der Waals surface area (Å²) in [4.78, 5) is 1.36. The second kappa shape index (κ2) is 5.86. The van der Waals surface area contributed by atoms with E-state index in [0.717, 1.165) is 5.75 Å². The summed E-state index contributed by atoms with van der Waals surface area (Å²) in [5.41, 5.74) is 6.66. The molecule has 0 spiro atoms. The molecule has 0 saturated carbocycles. The zero-order valence-electron chi connectivity index (χ0n) is 12.2. The van der Waals surface area contributed by atoms with Gasteiger partial charge in [-0.1, -0.05) is 72.8 Å². The maximum atomic E-state index is 2.31. The molecule has 0 amide bonds. The standard InChI is InChI=1S/C21H16S/c1-2-8-16(9-3-1)14-20-18-11-5-4-10-17(18)15-22-21-13-7-6-12-19(20)21/h1-14H,15H2. The van der Waals surface area contributed by atoms with Gasteiger partial charge in [0, 0.05) is 10.6 Å². The Morgan fingerprint density at radius 1 is 0.682 bits per heavy atom. The molecule has 3 aromatic rings. The lowest BCUT2D eigenvalue weighted by Gasteiger charge is -2.11. The Balaban J connectivity index is 1.97. The van der Waals surface area contributed by atoms with Gasteiger partial charge in [0.2, 0.25) is 0 Å². The largest absolute Gasteiger partial charge is 0.121 e. The van der Waals surface area contributed by atoms with E-state index in [0.29, 0.717) is 0 Å². The number of thioether (sulfide) groups is 1. The van der Waals surface area contributed by atoms with Crippen LogP contribution in [0.1, 0.15) is 22.3 Å². The highest BCUT2D eigenvalue weighted by molar-refractivity contribution is 7.98. The second-order valence-corrected chi connectivity index (χ2v) is 6.43. The molecule has 0 atom stereocenters. The van der Waals surface area contributed by atoms with E-state index in [-0.39, 0.29) is 0 Å². The molecular weight excluding hydrogens is 284 g/mol. The first kappa shape index (κ1) is 13.4. The van der Waals surface area contributed by atoms with Crippen molar-refractivity contribution in [3.8, 4) is 0 Å². The molecule has 22 heavy (non-hydrogen) atoms. The zero-order chi connectivity index (χ0) is 14.8. The molecule has 0 unspecified atom stereocenters. The van der Waals surface area contributed by atoms with Crippen LogP contribution >= 0.6 is 11.8 Å². The minimum Gasteiger partial charge on any atom is -0.121 e. The fourth-order valence-electron chi connectivity index (χ4n) is 2.90. The molecule has 0 saturated heterocycles. The molecule has 0 N–H and O–H groups in total. The highest BCUT2D eigenvalue weighted by Gasteiger charge is 2.17. The molecule has 0 aromatic heterocycles. The molecule has 1 heterocycles. The summed E-state index contributed by atoms with van der Waals surface area (Å²) in [6.07, 6.45) is 2.31. The zero-order valence-corrected chi connectivity index (χ0v) is 13.0. The van der Waals surface area contributed by atoms with Crippen LogP contribution in [0, 0.1) is 0 Å². The number of hydrogen-bond donors (Lipinski definition) is 0. The van der Waals surface area contributed by atoms with Crippen molar-refractivity contribution in [3.63, 3.8) is 0 Å². The number of benzene rings is 3. The van der Waals surface area contributed by atoms with E-state index in [9.17, 15) is 0 Å². The summed E-state index contributed by atoms with van der Waals surface area (Å²) in [5, 5.41) is 0. The predicted molar refractivity (Wildman–Crippen MR) is 95.9 cm³/mol. The predicted octanol–water partition coefficient (Wildman–Crippen LogP) is 5.88. The van der Waals surface area contributed by atoms with E-state index in [2.05, 4.69) is 84.9 Å². The smallest absolute Gasteiger partial charge is 0.0238 e. The van der Waals surface area contributed by atoms with Crippen molar-refractivity contribution < 1.29 is 0 Å². The third-order valence-corrected chi connectivity index (χ3v) is 5.10. The average molecular weight is 300 g/mol. The lowest BCUT2D eigenvalue weighted by Crippen LogP contribution is -1.91. The van der Waals surface area contributed by atoms with E-state index >= 15 is 0 Å². The lowest BCUT2D eigenvalue weighted by molar-refractivity contribution is 1.39. The Morgan fingerprint density at radius 2 is 1.36 bits per heavy atom. The van der Waals surface area contributed by atoms with Crippen molar-refractivity contribution in [1.29, 1.82) is 0 Å². The van der Waals surface area contributed by atoms with Gasteiger partial charge in [-0.2, -0.15) is 0 Å². The van der Waals surface area contributed by atoms with Gasteiger partial charge in [0.05, 0.1) is 0 Å². The van der Waals surface area contributed by atoms with Crippen LogP contribution in [0.3, 0.4) is 0 Å². The van der Waals surface area contributed by atoms with Gasteiger partial charge in [0.15, 0.2) is 0 Å². The van der Waals surface area contributed by atoms with Crippen LogP contribution in [-0.2, 0) is 5.75 Å². The SMILES string of the molecule is C(=C1c2ccccc2CSc2ccccc21)c1ccccc1. The summed E-state index contributed by atoms with van der Waals surface area (Å²) < 4.78 is 0. The molecule has 0 bridgehead atoms. The van der Waals surface area contributed by atoms with Crippen LogP contribution in [0.25, 0.3) is 11.6 Å². The minimum absolute atomic E-state index is 1.03. The third-order valence-electron chi connectivity index (χ3n) is 3.98. The fraction of sp³-hybridized carbons (Fsp3) is 0.0476. The Hall–Kier alpha value is -2.25. The highest BCUT2D eigenvalue weighted by Crippen LogP contribution is 2.40. The summed E-state index contributed by atoms with van der Waals surface area (Å²) in [6, 6.07) is 28.0. The van der Waals surface area contributed by atoms with Crippen molar-refractivity contribution in [1.82, 2.24) is 0 Å². The monoisotopic (exact) mass is 300 g/mol. The minimum atomic E-state index is 1.03. The maximum absolute atomic E-state index is 2.31. The molecule has 1 aliphatic heterocycles. The van der Waals surface area contributed by atoms with Crippen LogP contribution in [0.2, 0.25) is 0 Å². The van der Waals surface area contributed by atoms with Gasteiger partial charge in [-0.25, -0.2) is 0 Å². The molecule has 0 aliphatic carbocycles. The Bertz CT molecular complexity index is 782. The maximum Gasteiger partial charge on any atom is 0.0238 e. The fourth-order valence-corrected chi connectivity index (χ4v) is 3.97. The lowest BCUT2D eigenvalue weighted by atomic mass is 9.93. The van der Waals surface area contributed by atoms with Gasteiger partial charge < -0.3 is 0 Å². The van der Waals surface area contributed by atoms with Gasteiger partial charge >= 0.3 is 0 Å². The number of hydrogen-bond acceptors (Lipinski definition) is 1. The molecule has 0 fully saturated rings. The first-order valence-corrected chi connectivity index (χ1v) is 8.47. The van der Waals surface area contributed by atoms with Crippen molar-refractivity contribution in [2.45, 2.75) is 10.6 Å². The number of fused-ring (bicyclic) bond motifs is 2. The topological polar surface area (TPSA) is 0 Å². The van der Waals surface area contributed by atoms with E-state index in [1.165, 1.54) is 32.7 Å². The van der Waals surface area contributed by atoms with E-state index in [4.69, 9.17) is 0 Å². The van der Waals surface area contributed by atoms with Crippen molar-refractivity contribution in [3.05, 3.63) is 101 Å². The van der Waals surface area contributed by atoms with E-state index in [1.54, 1.807) is 0 Å². The molecule has 4 rings (SSSR count). The second-order valence-electron chi connectivity index (χ2n) is 5.41. The van der Waals surface area contributed by atoms with Gasteiger partial charge in [-0.15, -0.1) is 11.8 Å². The van der Waals surface area contributed by atoms with Gasteiger partial charge in [0.25, 0.3) is 0 Å². The third kappa shape index (κ3) is 2.49. The van der Waals surface area contributed by atoms with Crippen LogP contribution < -0.4 is 0 Å². The normalized spacial score (nSPS) is 15.0. The van der Waals surface area contributed by atoms with Crippen LogP contribution in [-0.4, -0.2) is 0 Å². The number of rotatable bonds is 1. The van der Waals surface area contributed by atoms with Crippen molar-refractivity contribution in [2.24, 2.45) is 0 Å². The molecule has 3 aromatic carbocycles. The summed E-state index contributed by atoms with van der Waals surface area (Å²) >= 11 is 1.93. The molecule has 106 valence electrons. The Morgan fingerprint density at radius 3 is 2.23 bits per heavy atom. The molecule has 0 nitrogen and oxygen atoms in total. The summed E-state index contributed by atoms with van der Waals surface area (Å²) in [5.74, 6) is 1.03. The van der Waals surface area contributed by atoms with E-state index in [1.807, 2.05) is 11.8 Å². The summed E-state index contributed by atoms with van der Waals surface area (Å²) in [7, 11) is 0. The quantitative estimate of drug-likeness (QED) is 0.540. The highest BCUT2D eigenvalue weighted by atomic mass is 32.2. The van der Waals surface area contributed by atoms with E-state index < -0.39 is 0 Å². The first-order valence-electron chi connectivity index (χ1n) is 7.49. The van der Waals surface area contributed by atoms with Crippen LogP contribution in [0.4, 0.5) is 0 Å². The van der Waals surface area contributed by atoms with Crippen molar-refractivity contribution >= 4 is 23.4 Å². The summed E-state index contributed by atoms with van der Waals surface area (Å²) in [6.45, 7) is 0. The van der Waals surface area contributed by atoms with Crippen molar-refractivity contribution in [2.75, 3.05) is 0 Å². The Labute approximate surface area is 135 Å². The average Bonchev–Trinajstić information content (AvgIpc) is 2.74. The van der Waals surface area contributed by atoms with Gasteiger partial charge in [-0.3, -0.25) is 0 Å². The molecule has 1 heteroatoms. The Kier molecular flexibility index (Phi) is 3.57. The molecule has 1 aliphatic rings. The first-order chi connectivity index (χ1) is 10.9. The molecule has 0 radical (unpaired) electrons. The molecular formula is C21H16S.